The first-order chi connectivity index (χ1) is 9.26. The number of phenolic OH excluding ortho intramolecular Hbond substituents is 1. The molecule has 0 amide bonds. The van der Waals surface area contributed by atoms with Gasteiger partial charge in [0.05, 0.1) is 0 Å². The van der Waals surface area contributed by atoms with E-state index in [-0.39, 0.29) is 0 Å². The molecule has 2 rings (SSSR count). The van der Waals surface area contributed by atoms with Gasteiger partial charge in [-0.2, -0.15) is 0 Å². The van der Waals surface area contributed by atoms with E-state index in [1.807, 2.05) is 18.3 Å². The van der Waals surface area contributed by atoms with Crippen molar-refractivity contribution in [2.75, 3.05) is 19.6 Å². The molecule has 2 aromatic rings. The first-order valence-corrected chi connectivity index (χ1v) is 7.26. The van der Waals surface area contributed by atoms with Gasteiger partial charge < -0.3 is 15.0 Å². The Hall–Kier alpha value is -1.48. The van der Waals surface area contributed by atoms with Crippen molar-refractivity contribution in [3.8, 4) is 5.75 Å². The molecule has 0 spiro atoms. The Balaban J connectivity index is 2.11. The molecule has 3 nitrogen and oxygen atoms in total. The predicted molar refractivity (Wildman–Crippen MR) is 80.7 cm³/mol. The molecule has 0 radical (unpaired) electrons. The number of rotatable bonds is 7. The Morgan fingerprint density at radius 3 is 2.47 bits per heavy atom. The van der Waals surface area contributed by atoms with Crippen LogP contribution in [0.2, 0.25) is 0 Å². The third-order valence-electron chi connectivity index (χ3n) is 3.58. The van der Waals surface area contributed by atoms with Crippen molar-refractivity contribution < 1.29 is 5.11 Å². The summed E-state index contributed by atoms with van der Waals surface area (Å²) in [4.78, 5) is 5.68. The Morgan fingerprint density at radius 2 is 1.79 bits per heavy atom. The minimum absolute atomic E-state index is 0.417. The number of hydrogen-bond donors (Lipinski definition) is 2. The molecule has 104 valence electrons. The quantitative estimate of drug-likeness (QED) is 0.799. The monoisotopic (exact) mass is 260 g/mol. The van der Waals surface area contributed by atoms with Gasteiger partial charge in [-0.3, -0.25) is 0 Å². The number of nitrogens with zero attached hydrogens (tertiary/aromatic N) is 1. The largest absolute Gasteiger partial charge is 0.508 e. The highest BCUT2D eigenvalue weighted by Gasteiger charge is 2.10. The zero-order valence-electron chi connectivity index (χ0n) is 11.9. The van der Waals surface area contributed by atoms with E-state index in [9.17, 15) is 5.11 Å². The number of fused-ring (bicyclic) bond motifs is 1. The van der Waals surface area contributed by atoms with Crippen LogP contribution in [-0.2, 0) is 6.42 Å². The van der Waals surface area contributed by atoms with Gasteiger partial charge in [0.15, 0.2) is 0 Å². The summed E-state index contributed by atoms with van der Waals surface area (Å²) in [6.45, 7) is 7.72. The molecular formula is C16H24N2O. The summed E-state index contributed by atoms with van der Waals surface area (Å²) in [5.74, 6) is 0.417. The van der Waals surface area contributed by atoms with Gasteiger partial charge in [0, 0.05) is 29.2 Å². The second-order valence-electron chi connectivity index (χ2n) is 5.09. The molecule has 1 heterocycles. The Morgan fingerprint density at radius 1 is 1.05 bits per heavy atom. The molecule has 0 unspecified atom stereocenters. The maximum Gasteiger partial charge on any atom is 0.119 e. The van der Waals surface area contributed by atoms with Crippen molar-refractivity contribution in [3.63, 3.8) is 0 Å². The molecule has 2 N–H and O–H groups in total. The molecule has 3 heteroatoms. The van der Waals surface area contributed by atoms with Crippen LogP contribution in [0, 0.1) is 0 Å². The fourth-order valence-corrected chi connectivity index (χ4v) is 2.68. The smallest absolute Gasteiger partial charge is 0.119 e. The Bertz CT molecular complexity index is 512. The molecule has 1 aromatic carbocycles. The van der Waals surface area contributed by atoms with Crippen LogP contribution >= 0.6 is 0 Å². The van der Waals surface area contributed by atoms with E-state index in [0.717, 1.165) is 42.5 Å². The number of aromatic nitrogens is 1. The van der Waals surface area contributed by atoms with Crippen molar-refractivity contribution in [2.24, 2.45) is 0 Å². The van der Waals surface area contributed by atoms with Crippen molar-refractivity contribution >= 4 is 10.9 Å². The maximum atomic E-state index is 10.1. The highest BCUT2D eigenvalue weighted by molar-refractivity contribution is 5.85. The minimum Gasteiger partial charge on any atom is -0.508 e. The van der Waals surface area contributed by atoms with E-state index in [1.165, 1.54) is 12.8 Å². The first-order valence-electron chi connectivity index (χ1n) is 7.26. The van der Waals surface area contributed by atoms with E-state index in [4.69, 9.17) is 0 Å². The summed E-state index contributed by atoms with van der Waals surface area (Å²) in [7, 11) is 0. The molecule has 1 aromatic heterocycles. The van der Waals surface area contributed by atoms with Crippen molar-refractivity contribution in [1.29, 1.82) is 0 Å². The third-order valence-corrected chi connectivity index (χ3v) is 3.58. The maximum absolute atomic E-state index is 10.1. The van der Waals surface area contributed by atoms with Gasteiger partial charge in [0.25, 0.3) is 0 Å². The summed E-state index contributed by atoms with van der Waals surface area (Å²) in [6.07, 6.45) is 5.20. The number of aromatic hydroxyl groups is 1. The average Bonchev–Trinajstić information content (AvgIpc) is 2.86. The number of H-pyrrole nitrogens is 1. The number of hydrogen-bond acceptors (Lipinski definition) is 2. The lowest BCUT2D eigenvalue weighted by atomic mass is 10.1. The fraction of sp³-hybridized carbons (Fsp3) is 0.500. The highest BCUT2D eigenvalue weighted by Crippen LogP contribution is 2.27. The molecule has 0 fully saturated rings. The lowest BCUT2D eigenvalue weighted by molar-refractivity contribution is 0.277. The van der Waals surface area contributed by atoms with Crippen molar-refractivity contribution in [1.82, 2.24) is 9.88 Å². The molecule has 0 aliphatic heterocycles. The summed E-state index contributed by atoms with van der Waals surface area (Å²) < 4.78 is 0. The molecule has 0 bridgehead atoms. The lowest BCUT2D eigenvalue weighted by Crippen LogP contribution is -2.27. The van der Waals surface area contributed by atoms with Crippen LogP contribution in [0.25, 0.3) is 10.9 Å². The molecule has 19 heavy (non-hydrogen) atoms. The van der Waals surface area contributed by atoms with E-state index in [2.05, 4.69) is 23.7 Å². The van der Waals surface area contributed by atoms with Crippen LogP contribution in [0.1, 0.15) is 32.3 Å². The van der Waals surface area contributed by atoms with Crippen LogP contribution in [0.3, 0.4) is 0 Å². The number of aromatic amines is 1. The molecular weight excluding hydrogens is 236 g/mol. The molecule has 0 saturated carbocycles. The average molecular weight is 260 g/mol. The van der Waals surface area contributed by atoms with Crippen LogP contribution in [0.5, 0.6) is 5.75 Å². The van der Waals surface area contributed by atoms with Crippen molar-refractivity contribution in [2.45, 2.75) is 33.1 Å². The first kappa shape index (κ1) is 13.9. The van der Waals surface area contributed by atoms with Gasteiger partial charge in [-0.05, 0) is 50.6 Å². The van der Waals surface area contributed by atoms with E-state index in [1.54, 1.807) is 6.07 Å². The second-order valence-corrected chi connectivity index (χ2v) is 5.09. The summed E-state index contributed by atoms with van der Waals surface area (Å²) >= 11 is 0. The van der Waals surface area contributed by atoms with Crippen molar-refractivity contribution in [3.05, 3.63) is 30.0 Å². The standard InChI is InChI=1S/C16H24N2O/c1-3-10-18(11-4-2)12-8-14-13-7-9-17-15(13)5-6-16(14)19/h5-7,9,17,19H,3-4,8,10-12H2,1-2H3. The Kier molecular flexibility index (Phi) is 4.86. The summed E-state index contributed by atoms with van der Waals surface area (Å²) in [5, 5.41) is 11.2. The van der Waals surface area contributed by atoms with Gasteiger partial charge in [0.2, 0.25) is 0 Å². The number of phenols is 1. The normalized spacial score (nSPS) is 11.5. The highest BCUT2D eigenvalue weighted by atomic mass is 16.3. The molecule has 0 aliphatic rings. The van der Waals surface area contributed by atoms with Crippen LogP contribution in [0.15, 0.2) is 24.4 Å². The topological polar surface area (TPSA) is 39.3 Å². The van der Waals surface area contributed by atoms with Gasteiger partial charge in [-0.15, -0.1) is 0 Å². The van der Waals surface area contributed by atoms with Crippen LogP contribution < -0.4 is 0 Å². The minimum atomic E-state index is 0.417. The van der Waals surface area contributed by atoms with Gasteiger partial charge >= 0.3 is 0 Å². The van der Waals surface area contributed by atoms with Crippen LogP contribution in [-0.4, -0.2) is 34.6 Å². The molecule has 0 aliphatic carbocycles. The lowest BCUT2D eigenvalue weighted by Gasteiger charge is -2.21. The second kappa shape index (κ2) is 6.62. The zero-order chi connectivity index (χ0) is 13.7. The molecule has 0 atom stereocenters. The SMILES string of the molecule is CCCN(CCC)CCc1c(O)ccc2[nH]ccc12. The van der Waals surface area contributed by atoms with Gasteiger partial charge in [-0.1, -0.05) is 13.8 Å². The summed E-state index contributed by atoms with van der Waals surface area (Å²) in [6, 6.07) is 5.77. The van der Waals surface area contributed by atoms with Crippen LogP contribution in [0.4, 0.5) is 0 Å². The number of benzene rings is 1. The third kappa shape index (κ3) is 3.29. The number of nitrogens with one attached hydrogen (secondary N) is 1. The predicted octanol–water partition coefficient (Wildman–Crippen LogP) is 3.54. The van der Waals surface area contributed by atoms with E-state index >= 15 is 0 Å². The van der Waals surface area contributed by atoms with Gasteiger partial charge in [0.1, 0.15) is 5.75 Å². The van der Waals surface area contributed by atoms with Gasteiger partial charge in [-0.25, -0.2) is 0 Å². The summed E-state index contributed by atoms with van der Waals surface area (Å²) in [5.41, 5.74) is 2.17. The fourth-order valence-electron chi connectivity index (χ4n) is 2.68. The van der Waals surface area contributed by atoms with E-state index < -0.39 is 0 Å². The molecule has 0 saturated heterocycles. The Labute approximate surface area is 115 Å². The zero-order valence-corrected chi connectivity index (χ0v) is 11.9. The van der Waals surface area contributed by atoms with E-state index in [0.29, 0.717) is 5.75 Å².